The van der Waals surface area contributed by atoms with E-state index < -0.39 is 20.3 Å². The van der Waals surface area contributed by atoms with Gasteiger partial charge in [0.1, 0.15) is 0 Å². The molecule has 0 spiro atoms. The van der Waals surface area contributed by atoms with E-state index in [9.17, 15) is 18.0 Å². The number of sulfone groups is 1. The van der Waals surface area contributed by atoms with Crippen molar-refractivity contribution in [3.63, 3.8) is 0 Å². The third-order valence-corrected chi connectivity index (χ3v) is 7.43. The van der Waals surface area contributed by atoms with Crippen LogP contribution in [0.25, 0.3) is 0 Å². The number of anilines is 1. The van der Waals surface area contributed by atoms with Crippen LogP contribution in [0.1, 0.15) is 5.56 Å². The molecule has 0 bridgehead atoms. The lowest BCUT2D eigenvalue weighted by Gasteiger charge is -2.07. The van der Waals surface area contributed by atoms with E-state index in [0.29, 0.717) is 5.69 Å². The number of thioether (sulfide) groups is 2. The Morgan fingerprint density at radius 1 is 1.17 bits per heavy atom. The number of aryl methyl sites for hydroxylation is 1. The molecule has 30 heavy (non-hydrogen) atoms. The summed E-state index contributed by atoms with van der Waals surface area (Å²) in [5, 5.41) is 2.94. The van der Waals surface area contributed by atoms with Crippen molar-refractivity contribution < 1.29 is 13.2 Å². The Labute approximate surface area is 182 Å². The Bertz CT molecular complexity index is 1220. The van der Waals surface area contributed by atoms with Gasteiger partial charge in [-0.15, -0.1) is 11.8 Å². The highest BCUT2D eigenvalue weighted by Gasteiger charge is 2.22. The van der Waals surface area contributed by atoms with Crippen LogP contribution in [-0.2, 0) is 14.6 Å². The average molecular weight is 462 g/mol. The predicted molar refractivity (Wildman–Crippen MR) is 119 cm³/mol. The number of hydrogen-bond acceptors (Lipinski definition) is 7. The molecule has 3 rings (SSSR count). The second kappa shape index (κ2) is 9.50. The van der Waals surface area contributed by atoms with Gasteiger partial charge in [-0.25, -0.2) is 13.4 Å². The van der Waals surface area contributed by atoms with E-state index in [0.717, 1.165) is 28.4 Å². The van der Waals surface area contributed by atoms with E-state index in [1.807, 2.05) is 31.4 Å². The largest absolute Gasteiger partial charge is 0.325 e. The Balaban J connectivity index is 1.68. The molecule has 7 nitrogen and oxygen atoms in total. The molecular weight excluding hydrogens is 442 g/mol. The van der Waals surface area contributed by atoms with Crippen molar-refractivity contribution in [3.05, 3.63) is 70.6 Å². The number of nitrogens with zero attached hydrogens (tertiary/aromatic N) is 1. The molecule has 0 aliphatic rings. The van der Waals surface area contributed by atoms with Crippen molar-refractivity contribution in [2.75, 3.05) is 17.3 Å². The van der Waals surface area contributed by atoms with E-state index in [2.05, 4.69) is 15.3 Å². The van der Waals surface area contributed by atoms with Gasteiger partial charge in [-0.2, -0.15) is 0 Å². The molecule has 1 heterocycles. The normalized spacial score (nSPS) is 11.3. The maximum absolute atomic E-state index is 12.7. The monoisotopic (exact) mass is 461 g/mol. The van der Waals surface area contributed by atoms with E-state index in [1.54, 1.807) is 30.0 Å². The second-order valence-corrected chi connectivity index (χ2v) is 10.0. The number of carbonyl (C=O) groups is 1. The van der Waals surface area contributed by atoms with Crippen LogP contribution in [0, 0.1) is 6.92 Å². The van der Waals surface area contributed by atoms with Gasteiger partial charge in [-0.3, -0.25) is 9.59 Å². The van der Waals surface area contributed by atoms with Crippen LogP contribution in [0.4, 0.5) is 5.69 Å². The summed E-state index contributed by atoms with van der Waals surface area (Å²) in [5.41, 5.74) is 0.806. The minimum Gasteiger partial charge on any atom is -0.325 e. The molecule has 2 N–H and O–H groups in total. The second-order valence-electron chi connectivity index (χ2n) is 6.27. The minimum absolute atomic E-state index is 0.0104. The number of H-pyrrole nitrogens is 1. The SMILES string of the molecule is CSc1cccc(NC(=O)CSc2ncc(S(=O)(=O)c3ccc(C)cc3)c(=O)[nH]2)c1. The van der Waals surface area contributed by atoms with Crippen LogP contribution in [-0.4, -0.2) is 36.3 Å². The number of carbonyl (C=O) groups excluding carboxylic acids is 1. The maximum atomic E-state index is 12.7. The van der Waals surface area contributed by atoms with E-state index in [4.69, 9.17) is 0 Å². The van der Waals surface area contributed by atoms with Crippen molar-refractivity contribution in [1.82, 2.24) is 9.97 Å². The molecule has 1 aromatic heterocycles. The number of aromatic amines is 1. The lowest BCUT2D eigenvalue weighted by atomic mass is 10.2. The number of benzene rings is 2. The van der Waals surface area contributed by atoms with Gasteiger partial charge in [0.05, 0.1) is 16.8 Å². The molecule has 0 radical (unpaired) electrons. The van der Waals surface area contributed by atoms with Crippen molar-refractivity contribution in [2.45, 2.75) is 26.8 Å². The van der Waals surface area contributed by atoms with Crippen molar-refractivity contribution in [3.8, 4) is 0 Å². The van der Waals surface area contributed by atoms with Crippen LogP contribution in [0.3, 0.4) is 0 Å². The van der Waals surface area contributed by atoms with Crippen molar-refractivity contribution in [2.24, 2.45) is 0 Å². The van der Waals surface area contributed by atoms with Gasteiger partial charge in [0, 0.05) is 10.6 Å². The lowest BCUT2D eigenvalue weighted by molar-refractivity contribution is -0.113. The van der Waals surface area contributed by atoms with Gasteiger partial charge < -0.3 is 10.3 Å². The molecule has 3 aromatic rings. The zero-order valence-corrected chi connectivity index (χ0v) is 18.7. The molecule has 156 valence electrons. The quantitative estimate of drug-likeness (QED) is 0.410. The first-order valence-electron chi connectivity index (χ1n) is 8.77. The Morgan fingerprint density at radius 3 is 2.57 bits per heavy atom. The van der Waals surface area contributed by atoms with Crippen LogP contribution >= 0.6 is 23.5 Å². The number of rotatable bonds is 7. The molecule has 0 saturated heterocycles. The summed E-state index contributed by atoms with van der Waals surface area (Å²) >= 11 is 2.58. The van der Waals surface area contributed by atoms with Gasteiger partial charge in [-0.05, 0) is 43.5 Å². The predicted octanol–water partition coefficient (Wildman–Crippen LogP) is 3.36. The summed E-state index contributed by atoms with van der Waals surface area (Å²) in [6.45, 7) is 1.84. The highest BCUT2D eigenvalue weighted by Crippen LogP contribution is 2.21. The van der Waals surface area contributed by atoms with Crippen molar-refractivity contribution >= 4 is 45.0 Å². The summed E-state index contributed by atoms with van der Waals surface area (Å²) in [4.78, 5) is 31.5. The third-order valence-electron chi connectivity index (χ3n) is 4.06. The lowest BCUT2D eigenvalue weighted by Crippen LogP contribution is -2.20. The number of amides is 1. The minimum atomic E-state index is -3.98. The molecule has 0 fully saturated rings. The standard InChI is InChI=1S/C20H19N3O4S3/c1-13-6-8-16(9-7-13)30(26,27)17-11-21-20(23-19(17)25)29-12-18(24)22-14-4-3-5-15(10-14)28-2/h3-11H,12H2,1-2H3,(H,22,24)(H,21,23,25). The topological polar surface area (TPSA) is 109 Å². The van der Waals surface area contributed by atoms with Crippen LogP contribution in [0.2, 0.25) is 0 Å². The molecule has 10 heteroatoms. The zero-order valence-electron chi connectivity index (χ0n) is 16.2. The van der Waals surface area contributed by atoms with Gasteiger partial charge in [0.15, 0.2) is 10.1 Å². The Hall–Kier alpha value is -2.56. The summed E-state index contributed by atoms with van der Waals surface area (Å²) in [6.07, 6.45) is 2.97. The molecule has 1 amide bonds. The molecule has 0 aliphatic carbocycles. The zero-order chi connectivity index (χ0) is 21.7. The van der Waals surface area contributed by atoms with Crippen LogP contribution in [0.5, 0.6) is 0 Å². The fourth-order valence-electron chi connectivity index (χ4n) is 2.51. The summed E-state index contributed by atoms with van der Waals surface area (Å²) in [6, 6.07) is 13.6. The highest BCUT2D eigenvalue weighted by atomic mass is 32.2. The van der Waals surface area contributed by atoms with Gasteiger partial charge in [0.25, 0.3) is 5.56 Å². The summed E-state index contributed by atoms with van der Waals surface area (Å²) in [5.74, 6) is -0.256. The number of hydrogen-bond donors (Lipinski definition) is 2. The Morgan fingerprint density at radius 2 is 1.90 bits per heavy atom. The summed E-state index contributed by atoms with van der Waals surface area (Å²) in [7, 11) is -3.98. The fraction of sp³-hybridized carbons (Fsp3) is 0.150. The smallest absolute Gasteiger partial charge is 0.270 e. The van der Waals surface area contributed by atoms with E-state index >= 15 is 0 Å². The first-order chi connectivity index (χ1) is 14.3. The fourth-order valence-corrected chi connectivity index (χ4v) is 4.83. The first-order valence-corrected chi connectivity index (χ1v) is 12.5. The number of aromatic nitrogens is 2. The highest BCUT2D eigenvalue weighted by molar-refractivity contribution is 7.99. The van der Waals surface area contributed by atoms with Crippen LogP contribution < -0.4 is 10.9 Å². The van der Waals surface area contributed by atoms with Crippen LogP contribution in [0.15, 0.2) is 79.4 Å². The maximum Gasteiger partial charge on any atom is 0.270 e. The molecule has 0 atom stereocenters. The van der Waals surface area contributed by atoms with Gasteiger partial charge >= 0.3 is 0 Å². The molecule has 0 saturated carbocycles. The van der Waals surface area contributed by atoms with Gasteiger partial charge in [-0.1, -0.05) is 35.5 Å². The van der Waals surface area contributed by atoms with E-state index in [-0.39, 0.29) is 21.7 Å². The molecule has 0 aliphatic heterocycles. The summed E-state index contributed by atoms with van der Waals surface area (Å²) < 4.78 is 25.3. The third kappa shape index (κ3) is 5.32. The van der Waals surface area contributed by atoms with Crippen molar-refractivity contribution in [1.29, 1.82) is 0 Å². The number of nitrogens with one attached hydrogen (secondary N) is 2. The first kappa shape index (κ1) is 22.1. The molecule has 2 aromatic carbocycles. The Kier molecular flexibility index (Phi) is 7.01. The molecule has 0 unspecified atom stereocenters. The average Bonchev–Trinajstić information content (AvgIpc) is 2.72. The van der Waals surface area contributed by atoms with E-state index in [1.165, 1.54) is 12.1 Å². The van der Waals surface area contributed by atoms with Gasteiger partial charge in [0.2, 0.25) is 15.7 Å². The molecular formula is C20H19N3O4S3.